The minimum Gasteiger partial charge on any atom is -0.490 e. The van der Waals surface area contributed by atoms with Gasteiger partial charge in [-0.2, -0.15) is 10.2 Å². The molecule has 3 heterocycles. The second-order valence-corrected chi connectivity index (χ2v) is 9.57. The normalized spacial score (nSPS) is 18.3. The van der Waals surface area contributed by atoms with Gasteiger partial charge in [0.25, 0.3) is 0 Å². The lowest BCUT2D eigenvalue weighted by Crippen LogP contribution is -2.27. The van der Waals surface area contributed by atoms with Crippen LogP contribution < -0.4 is 10.1 Å². The maximum absolute atomic E-state index is 13.8. The van der Waals surface area contributed by atoms with E-state index in [9.17, 15) is 4.39 Å². The molecule has 1 aliphatic rings. The average molecular weight is 478 g/mol. The number of halogens is 1. The predicted molar refractivity (Wildman–Crippen MR) is 135 cm³/mol. The summed E-state index contributed by atoms with van der Waals surface area (Å²) < 4.78 is 24.1. The molecule has 1 aliphatic carbocycles. The fourth-order valence-electron chi connectivity index (χ4n) is 4.92. The van der Waals surface area contributed by atoms with Gasteiger partial charge in [0.05, 0.1) is 23.9 Å². The lowest BCUT2D eigenvalue weighted by atomic mass is 9.93. The second kappa shape index (κ2) is 9.65. The summed E-state index contributed by atoms with van der Waals surface area (Å²) in [5.74, 6) is 1.36. The Morgan fingerprint density at radius 3 is 2.63 bits per heavy atom. The van der Waals surface area contributed by atoms with Crippen LogP contribution in [0.4, 0.5) is 10.2 Å². The molecule has 5 rings (SSSR count). The molecule has 8 nitrogen and oxygen atoms in total. The largest absolute Gasteiger partial charge is 0.490 e. The molecule has 1 saturated carbocycles. The van der Waals surface area contributed by atoms with Crippen LogP contribution in [0.2, 0.25) is 0 Å². The van der Waals surface area contributed by atoms with Gasteiger partial charge in [-0.05, 0) is 58.0 Å². The zero-order chi connectivity index (χ0) is 24.5. The highest BCUT2D eigenvalue weighted by molar-refractivity contribution is 5.93. The fraction of sp³-hybridized carbons (Fsp3) is 0.423. The first-order valence-corrected chi connectivity index (χ1v) is 12.1. The Bertz CT molecular complexity index is 1320. The second-order valence-electron chi connectivity index (χ2n) is 9.57. The summed E-state index contributed by atoms with van der Waals surface area (Å²) in [6.07, 6.45) is 9.56. The number of nitrogens with zero attached hydrogens (tertiary/aromatic N) is 6. The molecule has 4 aromatic rings. The van der Waals surface area contributed by atoms with Gasteiger partial charge in [-0.1, -0.05) is 0 Å². The van der Waals surface area contributed by atoms with E-state index in [0.29, 0.717) is 6.54 Å². The molecule has 184 valence electrons. The van der Waals surface area contributed by atoms with Gasteiger partial charge >= 0.3 is 0 Å². The van der Waals surface area contributed by atoms with Crippen LogP contribution in [0.25, 0.3) is 22.2 Å². The Kier molecular flexibility index (Phi) is 6.42. The maximum Gasteiger partial charge on any atom is 0.127 e. The van der Waals surface area contributed by atoms with Crippen LogP contribution >= 0.6 is 0 Å². The van der Waals surface area contributed by atoms with Gasteiger partial charge in [-0.15, -0.1) is 0 Å². The highest BCUT2D eigenvalue weighted by Crippen LogP contribution is 2.37. The third-order valence-corrected chi connectivity index (χ3v) is 6.62. The van der Waals surface area contributed by atoms with E-state index in [4.69, 9.17) is 9.84 Å². The summed E-state index contributed by atoms with van der Waals surface area (Å²) in [5, 5.41) is 13.5. The van der Waals surface area contributed by atoms with Crippen LogP contribution in [0, 0.1) is 5.82 Å². The molecule has 0 unspecified atom stereocenters. The third kappa shape index (κ3) is 4.86. The monoisotopic (exact) mass is 477 g/mol. The minimum absolute atomic E-state index is 0.103. The Morgan fingerprint density at radius 2 is 1.94 bits per heavy atom. The summed E-state index contributed by atoms with van der Waals surface area (Å²) >= 11 is 0. The standard InChI is InChI=1S/C26H32FN7O/c1-28-25-12-23-22(14-29-25)26(18-13-30-33(4)16-18)31-34(23)20-6-8-21(9-7-20)35-24-10-5-19(27)11-17(24)15-32(2)3/h5,10-14,16,20-21H,6-9,15H2,1-4H3,(H,28,29)/t20-,21+. The minimum atomic E-state index is -0.233. The number of nitrogens with one attached hydrogen (secondary N) is 1. The SMILES string of the molecule is CNc1cc2c(cn1)c(-c1cnn(C)c1)nn2[C@H]1CC[C@@H](Oc2ccc(F)cc2CN(C)C)CC1. The van der Waals surface area contributed by atoms with Crippen LogP contribution in [0.5, 0.6) is 5.75 Å². The van der Waals surface area contributed by atoms with Gasteiger partial charge in [-0.25, -0.2) is 9.37 Å². The molecule has 0 aliphatic heterocycles. The van der Waals surface area contributed by atoms with Crippen molar-refractivity contribution in [2.24, 2.45) is 7.05 Å². The number of aromatic nitrogens is 5. The highest BCUT2D eigenvalue weighted by Gasteiger charge is 2.27. The van der Waals surface area contributed by atoms with Crippen molar-refractivity contribution in [3.05, 3.63) is 54.2 Å². The molecule has 3 aromatic heterocycles. The summed E-state index contributed by atoms with van der Waals surface area (Å²) in [6.45, 7) is 0.640. The van der Waals surface area contributed by atoms with E-state index in [1.54, 1.807) is 16.8 Å². The Morgan fingerprint density at radius 1 is 1.14 bits per heavy atom. The lowest BCUT2D eigenvalue weighted by molar-refractivity contribution is 0.129. The van der Waals surface area contributed by atoms with Crippen molar-refractivity contribution in [1.82, 2.24) is 29.4 Å². The number of fused-ring (bicyclic) bond motifs is 1. The Labute approximate surface area is 204 Å². The van der Waals surface area contributed by atoms with Gasteiger partial charge in [0.2, 0.25) is 0 Å². The highest BCUT2D eigenvalue weighted by atomic mass is 19.1. The summed E-state index contributed by atoms with van der Waals surface area (Å²) in [7, 11) is 7.73. The molecule has 1 N–H and O–H groups in total. The topological polar surface area (TPSA) is 73.0 Å². The molecule has 35 heavy (non-hydrogen) atoms. The van der Waals surface area contributed by atoms with E-state index in [0.717, 1.165) is 65.0 Å². The number of ether oxygens (including phenoxy) is 1. The summed E-state index contributed by atoms with van der Waals surface area (Å²) in [5.41, 5.74) is 3.83. The van der Waals surface area contributed by atoms with Crippen LogP contribution in [0.3, 0.4) is 0 Å². The van der Waals surface area contributed by atoms with Gasteiger partial charge in [0.15, 0.2) is 0 Å². The van der Waals surface area contributed by atoms with Crippen LogP contribution in [0.1, 0.15) is 37.3 Å². The van der Waals surface area contributed by atoms with Crippen molar-refractivity contribution in [2.45, 2.75) is 44.4 Å². The van der Waals surface area contributed by atoms with Crippen molar-refractivity contribution < 1.29 is 9.13 Å². The number of aryl methyl sites for hydroxylation is 1. The third-order valence-electron chi connectivity index (χ3n) is 6.62. The average Bonchev–Trinajstić information content (AvgIpc) is 3.44. The number of hydrogen-bond donors (Lipinski definition) is 1. The molecular formula is C26H32FN7O. The molecule has 0 radical (unpaired) electrons. The number of anilines is 1. The van der Waals surface area contributed by atoms with Crippen LogP contribution in [0.15, 0.2) is 42.9 Å². The van der Waals surface area contributed by atoms with Crippen molar-refractivity contribution in [2.75, 3.05) is 26.5 Å². The molecule has 0 saturated heterocycles. The molecule has 0 amide bonds. The van der Waals surface area contributed by atoms with E-state index in [2.05, 4.69) is 26.1 Å². The first kappa shape index (κ1) is 23.3. The van der Waals surface area contributed by atoms with Crippen LogP contribution in [-0.4, -0.2) is 56.7 Å². The number of pyridine rings is 1. The summed E-state index contributed by atoms with van der Waals surface area (Å²) in [4.78, 5) is 6.55. The van der Waals surface area contributed by atoms with E-state index in [-0.39, 0.29) is 18.0 Å². The number of rotatable bonds is 7. The van der Waals surface area contributed by atoms with Gasteiger partial charge in [-0.3, -0.25) is 9.36 Å². The smallest absolute Gasteiger partial charge is 0.127 e. The maximum atomic E-state index is 13.8. The van der Waals surface area contributed by atoms with E-state index in [1.807, 2.05) is 51.7 Å². The van der Waals surface area contributed by atoms with Crippen molar-refractivity contribution in [1.29, 1.82) is 0 Å². The fourth-order valence-corrected chi connectivity index (χ4v) is 4.92. The van der Waals surface area contributed by atoms with Gasteiger partial charge in [0.1, 0.15) is 23.1 Å². The van der Waals surface area contributed by atoms with E-state index >= 15 is 0 Å². The number of benzene rings is 1. The number of hydrogen-bond acceptors (Lipinski definition) is 6. The Balaban J connectivity index is 1.37. The zero-order valence-electron chi connectivity index (χ0n) is 20.7. The predicted octanol–water partition coefficient (Wildman–Crippen LogP) is 4.64. The molecule has 0 spiro atoms. The van der Waals surface area contributed by atoms with Crippen molar-refractivity contribution in [3.8, 4) is 17.0 Å². The molecule has 1 aromatic carbocycles. The molecule has 0 bridgehead atoms. The van der Waals surface area contributed by atoms with Gasteiger partial charge in [0, 0.05) is 55.6 Å². The molecule has 9 heteroatoms. The van der Waals surface area contributed by atoms with Crippen LogP contribution in [-0.2, 0) is 13.6 Å². The molecule has 0 atom stereocenters. The first-order chi connectivity index (χ1) is 16.9. The summed E-state index contributed by atoms with van der Waals surface area (Å²) in [6, 6.07) is 7.14. The van der Waals surface area contributed by atoms with E-state index in [1.165, 1.54) is 6.07 Å². The Hall–Kier alpha value is -3.46. The first-order valence-electron chi connectivity index (χ1n) is 12.1. The quantitative estimate of drug-likeness (QED) is 0.418. The van der Waals surface area contributed by atoms with Crippen molar-refractivity contribution >= 4 is 16.7 Å². The zero-order valence-corrected chi connectivity index (χ0v) is 20.7. The molecule has 1 fully saturated rings. The van der Waals surface area contributed by atoms with E-state index < -0.39 is 0 Å². The molecular weight excluding hydrogens is 445 g/mol. The van der Waals surface area contributed by atoms with Gasteiger partial charge < -0.3 is 15.0 Å². The van der Waals surface area contributed by atoms with Crippen molar-refractivity contribution in [3.63, 3.8) is 0 Å². The lowest BCUT2D eigenvalue weighted by Gasteiger charge is -2.30.